The smallest absolute Gasteiger partial charge is 0.191 e. The molecule has 0 aliphatic carbocycles. The molecule has 1 aliphatic rings. The summed E-state index contributed by atoms with van der Waals surface area (Å²) in [4.78, 5) is 9.71. The van der Waals surface area contributed by atoms with Crippen LogP contribution in [-0.4, -0.2) is 74.9 Å². The maximum Gasteiger partial charge on any atom is 0.191 e. The highest BCUT2D eigenvalue weighted by atomic mass is 127. The molecule has 0 bridgehead atoms. The van der Waals surface area contributed by atoms with Gasteiger partial charge in [0, 0.05) is 50.9 Å². The topological polar surface area (TPSA) is 63.1 Å². The Morgan fingerprint density at radius 3 is 2.25 bits per heavy atom. The Balaban J connectivity index is 0.00000363. The Hall–Kier alpha value is -1.84. The van der Waals surface area contributed by atoms with Gasteiger partial charge in [-0.15, -0.1) is 24.0 Å². The first-order valence-electron chi connectivity index (χ1n) is 11.5. The molecule has 32 heavy (non-hydrogen) atoms. The van der Waals surface area contributed by atoms with Gasteiger partial charge in [0.25, 0.3) is 0 Å². The third kappa shape index (κ3) is 8.60. The molecule has 1 aliphatic heterocycles. The van der Waals surface area contributed by atoms with Crippen LogP contribution in [0.15, 0.2) is 65.7 Å². The number of halogens is 1. The molecule has 0 radical (unpaired) electrons. The average molecular weight is 552 g/mol. The number of aliphatic hydroxyl groups is 1. The summed E-state index contributed by atoms with van der Waals surface area (Å²) >= 11 is 0. The van der Waals surface area contributed by atoms with E-state index >= 15 is 0 Å². The molecular weight excluding hydrogens is 513 g/mol. The van der Waals surface area contributed by atoms with E-state index in [0.29, 0.717) is 6.54 Å². The lowest BCUT2D eigenvalue weighted by Crippen LogP contribution is -2.47. The van der Waals surface area contributed by atoms with Gasteiger partial charge in [0.15, 0.2) is 5.96 Å². The maximum absolute atomic E-state index is 9.75. The first-order chi connectivity index (χ1) is 15.3. The zero-order chi connectivity index (χ0) is 21.7. The molecule has 1 atom stereocenters. The number of rotatable bonds is 10. The molecule has 1 heterocycles. The Labute approximate surface area is 210 Å². The van der Waals surface area contributed by atoms with Crippen molar-refractivity contribution in [3.05, 3.63) is 66.2 Å². The van der Waals surface area contributed by atoms with Gasteiger partial charge in [0.05, 0.1) is 13.2 Å². The second kappa shape index (κ2) is 15.1. The van der Waals surface area contributed by atoms with Gasteiger partial charge in [-0.25, -0.2) is 0 Å². The van der Waals surface area contributed by atoms with Gasteiger partial charge < -0.3 is 20.6 Å². The highest BCUT2D eigenvalue weighted by molar-refractivity contribution is 14.0. The monoisotopic (exact) mass is 551 g/mol. The van der Waals surface area contributed by atoms with Gasteiger partial charge in [0.2, 0.25) is 0 Å². The lowest BCUT2D eigenvalue weighted by molar-refractivity contribution is 0.255. The number of piperazine rings is 1. The van der Waals surface area contributed by atoms with E-state index in [2.05, 4.69) is 57.7 Å². The van der Waals surface area contributed by atoms with E-state index < -0.39 is 0 Å². The standard InChI is InChI=1S/C25H37N5O.HI/c1-2-26-25(28-20-23(21-31)22-10-5-3-6-11-22)27-14-9-15-29-16-18-30(19-17-29)24-12-7-4-8-13-24;/h3-8,10-13,23,31H,2,9,14-21H2,1H3,(H2,26,27,28);1H. The van der Waals surface area contributed by atoms with Crippen LogP contribution in [0.2, 0.25) is 0 Å². The molecule has 3 rings (SSSR count). The Morgan fingerprint density at radius 2 is 1.62 bits per heavy atom. The Morgan fingerprint density at radius 1 is 0.969 bits per heavy atom. The minimum absolute atomic E-state index is 0. The van der Waals surface area contributed by atoms with Crippen molar-refractivity contribution in [1.29, 1.82) is 0 Å². The van der Waals surface area contributed by atoms with Gasteiger partial charge in [-0.1, -0.05) is 48.5 Å². The number of aliphatic imine (C=N–C) groups is 1. The van der Waals surface area contributed by atoms with E-state index in [1.165, 1.54) is 5.69 Å². The number of guanidine groups is 1. The van der Waals surface area contributed by atoms with Crippen molar-refractivity contribution in [2.45, 2.75) is 19.3 Å². The summed E-state index contributed by atoms with van der Waals surface area (Å²) in [5.41, 5.74) is 2.45. The lowest BCUT2D eigenvalue weighted by atomic mass is 10.0. The van der Waals surface area contributed by atoms with Crippen molar-refractivity contribution in [2.75, 3.05) is 63.9 Å². The van der Waals surface area contributed by atoms with Crippen molar-refractivity contribution in [1.82, 2.24) is 15.5 Å². The summed E-state index contributed by atoms with van der Waals surface area (Å²) in [7, 11) is 0. The quantitative estimate of drug-likeness (QED) is 0.183. The fraction of sp³-hybridized carbons (Fsp3) is 0.480. The van der Waals surface area contributed by atoms with Gasteiger partial charge in [-0.3, -0.25) is 9.89 Å². The average Bonchev–Trinajstić information content (AvgIpc) is 2.83. The van der Waals surface area contributed by atoms with Crippen molar-refractivity contribution in [3.8, 4) is 0 Å². The highest BCUT2D eigenvalue weighted by Gasteiger charge is 2.16. The van der Waals surface area contributed by atoms with E-state index in [1.54, 1.807) is 0 Å². The zero-order valence-electron chi connectivity index (χ0n) is 19.1. The van der Waals surface area contributed by atoms with Crippen LogP contribution >= 0.6 is 24.0 Å². The third-order valence-corrected chi connectivity index (χ3v) is 5.74. The summed E-state index contributed by atoms with van der Waals surface area (Å²) in [6.07, 6.45) is 1.08. The van der Waals surface area contributed by atoms with E-state index in [-0.39, 0.29) is 36.5 Å². The molecule has 7 heteroatoms. The third-order valence-electron chi connectivity index (χ3n) is 5.74. The van der Waals surface area contributed by atoms with Crippen LogP contribution in [0.5, 0.6) is 0 Å². The van der Waals surface area contributed by atoms with Crippen LogP contribution in [0.25, 0.3) is 0 Å². The fourth-order valence-electron chi connectivity index (χ4n) is 3.91. The maximum atomic E-state index is 9.75. The number of hydrogen-bond donors (Lipinski definition) is 3. The number of aliphatic hydroxyl groups excluding tert-OH is 1. The van der Waals surface area contributed by atoms with Crippen LogP contribution in [0.4, 0.5) is 5.69 Å². The molecule has 1 fully saturated rings. The fourth-order valence-corrected chi connectivity index (χ4v) is 3.91. The van der Waals surface area contributed by atoms with Crippen LogP contribution < -0.4 is 15.5 Å². The molecule has 6 nitrogen and oxygen atoms in total. The molecule has 0 spiro atoms. The van der Waals surface area contributed by atoms with Crippen LogP contribution in [-0.2, 0) is 0 Å². The number of nitrogens with one attached hydrogen (secondary N) is 2. The molecule has 176 valence electrons. The van der Waals surface area contributed by atoms with E-state index in [4.69, 9.17) is 4.99 Å². The summed E-state index contributed by atoms with van der Waals surface area (Å²) in [5, 5.41) is 16.5. The summed E-state index contributed by atoms with van der Waals surface area (Å²) < 4.78 is 0. The molecule has 1 saturated heterocycles. The zero-order valence-corrected chi connectivity index (χ0v) is 21.4. The number of benzene rings is 2. The summed E-state index contributed by atoms with van der Waals surface area (Å²) in [6, 6.07) is 20.8. The Bertz CT molecular complexity index is 766. The minimum atomic E-state index is 0. The molecule has 0 saturated carbocycles. The van der Waals surface area contributed by atoms with Crippen LogP contribution in [0.3, 0.4) is 0 Å². The van der Waals surface area contributed by atoms with Crippen LogP contribution in [0.1, 0.15) is 24.8 Å². The molecular formula is C25H38IN5O. The molecule has 2 aromatic carbocycles. The van der Waals surface area contributed by atoms with Gasteiger partial charge in [-0.2, -0.15) is 0 Å². The lowest BCUT2D eigenvalue weighted by Gasteiger charge is -2.36. The van der Waals surface area contributed by atoms with Crippen molar-refractivity contribution < 1.29 is 5.11 Å². The Kier molecular flexibility index (Phi) is 12.4. The van der Waals surface area contributed by atoms with E-state index in [9.17, 15) is 5.11 Å². The second-order valence-corrected chi connectivity index (χ2v) is 7.95. The first-order valence-corrected chi connectivity index (χ1v) is 11.5. The number of nitrogens with zero attached hydrogens (tertiary/aromatic N) is 3. The minimum Gasteiger partial charge on any atom is -0.396 e. The van der Waals surface area contributed by atoms with Crippen molar-refractivity contribution in [2.24, 2.45) is 4.99 Å². The van der Waals surface area contributed by atoms with Crippen molar-refractivity contribution >= 4 is 35.6 Å². The molecule has 3 N–H and O–H groups in total. The summed E-state index contributed by atoms with van der Waals surface area (Å²) in [6.45, 7) is 9.94. The number of hydrogen-bond acceptors (Lipinski definition) is 4. The summed E-state index contributed by atoms with van der Waals surface area (Å²) in [5.74, 6) is 0.850. The van der Waals surface area contributed by atoms with E-state index in [0.717, 1.165) is 63.8 Å². The van der Waals surface area contributed by atoms with E-state index in [1.807, 2.05) is 30.3 Å². The van der Waals surface area contributed by atoms with Crippen molar-refractivity contribution in [3.63, 3.8) is 0 Å². The predicted octanol–water partition coefficient (Wildman–Crippen LogP) is 3.15. The normalized spacial score (nSPS) is 15.7. The number of para-hydroxylation sites is 1. The molecule has 1 unspecified atom stereocenters. The predicted molar refractivity (Wildman–Crippen MR) is 145 cm³/mol. The SMILES string of the molecule is CCNC(=NCC(CO)c1ccccc1)NCCCN1CCN(c2ccccc2)CC1.I. The van der Waals surface area contributed by atoms with Crippen LogP contribution in [0, 0.1) is 0 Å². The number of anilines is 1. The van der Waals surface area contributed by atoms with Gasteiger partial charge >= 0.3 is 0 Å². The molecule has 0 amide bonds. The first kappa shape index (κ1) is 26.4. The molecule has 0 aromatic heterocycles. The highest BCUT2D eigenvalue weighted by Crippen LogP contribution is 2.16. The second-order valence-electron chi connectivity index (χ2n) is 7.95. The van der Waals surface area contributed by atoms with Gasteiger partial charge in [0.1, 0.15) is 0 Å². The molecule has 2 aromatic rings. The largest absolute Gasteiger partial charge is 0.396 e. The van der Waals surface area contributed by atoms with Gasteiger partial charge in [-0.05, 0) is 37.6 Å².